The molecule has 0 bridgehead atoms. The van der Waals surface area contributed by atoms with Gasteiger partial charge in [0, 0.05) is 12.1 Å². The van der Waals surface area contributed by atoms with Crippen molar-refractivity contribution in [2.45, 2.75) is 32.4 Å². The molecule has 0 radical (unpaired) electrons. The van der Waals surface area contributed by atoms with Crippen molar-refractivity contribution in [3.8, 4) is 5.75 Å². The second kappa shape index (κ2) is 9.34. The fourth-order valence-electron chi connectivity index (χ4n) is 3.61. The minimum atomic E-state index is -0.362. The number of hydrogen-bond acceptors (Lipinski definition) is 6. The van der Waals surface area contributed by atoms with Crippen molar-refractivity contribution in [1.82, 2.24) is 10.2 Å². The van der Waals surface area contributed by atoms with Crippen LogP contribution in [0.25, 0.3) is 0 Å². The number of hydrogen-bond donors (Lipinski definition) is 1. The van der Waals surface area contributed by atoms with Crippen molar-refractivity contribution in [3.63, 3.8) is 0 Å². The van der Waals surface area contributed by atoms with E-state index >= 15 is 0 Å². The molecule has 31 heavy (non-hydrogen) atoms. The smallest absolute Gasteiger partial charge is 0.270 e. The maximum absolute atomic E-state index is 12.6. The number of amidine groups is 2. The summed E-state index contributed by atoms with van der Waals surface area (Å²) >= 11 is 1.33. The summed E-state index contributed by atoms with van der Waals surface area (Å²) in [6.07, 6.45) is 1.55. The van der Waals surface area contributed by atoms with Crippen molar-refractivity contribution in [1.29, 1.82) is 0 Å². The van der Waals surface area contributed by atoms with E-state index < -0.39 is 0 Å². The van der Waals surface area contributed by atoms with E-state index in [1.807, 2.05) is 60.4 Å². The minimum Gasteiger partial charge on any atom is -0.497 e. The summed E-state index contributed by atoms with van der Waals surface area (Å²) < 4.78 is 5.22. The number of nitrogens with zero attached hydrogens (tertiary/aromatic N) is 3. The van der Waals surface area contributed by atoms with Crippen LogP contribution >= 0.6 is 11.8 Å². The van der Waals surface area contributed by atoms with Gasteiger partial charge >= 0.3 is 0 Å². The molecule has 2 heterocycles. The highest BCUT2D eigenvalue weighted by Crippen LogP contribution is 2.35. The Balaban J connectivity index is 1.46. The molecule has 1 N–H and O–H groups in total. The van der Waals surface area contributed by atoms with Gasteiger partial charge in [0.1, 0.15) is 17.6 Å². The Labute approximate surface area is 185 Å². The molecule has 4 rings (SSSR count). The number of fused-ring (bicyclic) bond motifs is 3. The normalized spacial score (nSPS) is 16.9. The largest absolute Gasteiger partial charge is 0.497 e. The molecule has 1 atom stereocenters. The lowest BCUT2D eigenvalue weighted by molar-refractivity contribution is -0.120. The Morgan fingerprint density at radius 2 is 2.03 bits per heavy atom. The number of rotatable bonds is 7. The van der Waals surface area contributed by atoms with Crippen LogP contribution in [0.2, 0.25) is 0 Å². The van der Waals surface area contributed by atoms with E-state index in [4.69, 9.17) is 9.73 Å². The number of thioether (sulfide) groups is 1. The number of carbonyl (C=O) groups excluding carboxylic acids is 2. The summed E-state index contributed by atoms with van der Waals surface area (Å²) in [7, 11) is 1.61. The second-order valence-corrected chi connectivity index (χ2v) is 8.22. The maximum atomic E-state index is 12.6. The van der Waals surface area contributed by atoms with Crippen molar-refractivity contribution in [2.75, 3.05) is 12.9 Å². The Kier molecular flexibility index (Phi) is 6.36. The van der Waals surface area contributed by atoms with Gasteiger partial charge in [0.15, 0.2) is 5.17 Å². The molecule has 160 valence electrons. The van der Waals surface area contributed by atoms with Crippen molar-refractivity contribution in [2.24, 2.45) is 9.98 Å². The van der Waals surface area contributed by atoms with E-state index in [1.165, 1.54) is 11.8 Å². The highest BCUT2D eigenvalue weighted by Gasteiger charge is 2.41. The number of carbonyl (C=O) groups is 2. The van der Waals surface area contributed by atoms with Gasteiger partial charge in [-0.15, -0.1) is 0 Å². The monoisotopic (exact) mass is 436 g/mol. The molecular formula is C23H24N4O3S. The van der Waals surface area contributed by atoms with Crippen LogP contribution in [0.15, 0.2) is 58.5 Å². The predicted octanol–water partition coefficient (Wildman–Crippen LogP) is 3.50. The predicted molar refractivity (Wildman–Crippen MR) is 123 cm³/mol. The minimum absolute atomic E-state index is 0.106. The van der Waals surface area contributed by atoms with Gasteiger partial charge in [-0.3, -0.25) is 14.5 Å². The fraction of sp³-hybridized carbons (Fsp3) is 0.304. The number of aliphatic imine (C=N–C) groups is 2. The van der Waals surface area contributed by atoms with Crippen LogP contribution in [0.3, 0.4) is 0 Å². The van der Waals surface area contributed by atoms with Gasteiger partial charge in [0.25, 0.3) is 5.91 Å². The fourth-order valence-corrected chi connectivity index (χ4v) is 4.49. The highest BCUT2D eigenvalue weighted by molar-refractivity contribution is 8.14. The van der Waals surface area contributed by atoms with Gasteiger partial charge in [-0.05, 0) is 36.2 Å². The summed E-state index contributed by atoms with van der Waals surface area (Å²) in [5.41, 5.74) is 2.58. The molecule has 0 aliphatic carbocycles. The number of nitrogens with one attached hydrogen (secondary N) is 1. The Bertz CT molecular complexity index is 1070. The number of methoxy groups -OCH3 is 1. The summed E-state index contributed by atoms with van der Waals surface area (Å²) in [5, 5.41) is 3.57. The Hall–Kier alpha value is -3.13. The third kappa shape index (κ3) is 4.49. The average Bonchev–Trinajstić information content (AvgIpc) is 3.13. The van der Waals surface area contributed by atoms with Crippen LogP contribution in [-0.4, -0.2) is 46.6 Å². The van der Waals surface area contributed by atoms with Crippen LogP contribution in [0, 0.1) is 0 Å². The van der Waals surface area contributed by atoms with Gasteiger partial charge in [0.05, 0.1) is 18.6 Å². The van der Waals surface area contributed by atoms with Crippen molar-refractivity contribution >= 4 is 40.3 Å². The molecule has 2 aromatic carbocycles. The van der Waals surface area contributed by atoms with E-state index in [-0.39, 0.29) is 23.6 Å². The first-order chi connectivity index (χ1) is 15.1. The topological polar surface area (TPSA) is 83.4 Å². The molecule has 2 aliphatic rings. The zero-order chi connectivity index (χ0) is 21.8. The molecule has 1 unspecified atom stereocenters. The third-order valence-corrected chi connectivity index (χ3v) is 6.08. The molecule has 7 nitrogen and oxygen atoms in total. The van der Waals surface area contributed by atoms with E-state index in [0.29, 0.717) is 24.0 Å². The van der Waals surface area contributed by atoms with Crippen LogP contribution in [0.4, 0.5) is 5.69 Å². The summed E-state index contributed by atoms with van der Waals surface area (Å²) in [6, 6.07) is 14.9. The lowest BCUT2D eigenvalue weighted by Gasteiger charge is -2.30. The lowest BCUT2D eigenvalue weighted by Crippen LogP contribution is -2.44. The average molecular weight is 437 g/mol. The van der Waals surface area contributed by atoms with Crippen LogP contribution in [0.5, 0.6) is 5.75 Å². The van der Waals surface area contributed by atoms with Gasteiger partial charge < -0.3 is 10.1 Å². The van der Waals surface area contributed by atoms with E-state index in [9.17, 15) is 9.59 Å². The summed E-state index contributed by atoms with van der Waals surface area (Å²) in [5.74, 6) is 1.33. The van der Waals surface area contributed by atoms with Crippen LogP contribution < -0.4 is 10.1 Å². The highest BCUT2D eigenvalue weighted by atomic mass is 32.2. The molecule has 2 aliphatic heterocycles. The number of para-hydroxylation sites is 1. The van der Waals surface area contributed by atoms with Crippen molar-refractivity contribution < 1.29 is 14.3 Å². The van der Waals surface area contributed by atoms with Crippen LogP contribution in [0.1, 0.15) is 30.9 Å². The molecule has 0 saturated heterocycles. The van der Waals surface area contributed by atoms with E-state index in [2.05, 4.69) is 10.3 Å². The number of amides is 2. The third-order valence-electron chi connectivity index (χ3n) is 5.13. The Morgan fingerprint density at radius 1 is 1.19 bits per heavy atom. The van der Waals surface area contributed by atoms with Crippen LogP contribution in [-0.2, 0) is 16.1 Å². The molecule has 0 aromatic heterocycles. The first-order valence-electron chi connectivity index (χ1n) is 10.2. The maximum Gasteiger partial charge on any atom is 0.270 e. The summed E-state index contributed by atoms with van der Waals surface area (Å²) in [4.78, 5) is 36.0. The molecule has 0 spiro atoms. The van der Waals surface area contributed by atoms with Crippen molar-refractivity contribution in [3.05, 3.63) is 59.7 Å². The first-order valence-corrected chi connectivity index (χ1v) is 11.2. The number of ether oxygens (including phenoxy) is 1. The van der Waals surface area contributed by atoms with E-state index in [1.54, 1.807) is 7.11 Å². The zero-order valence-electron chi connectivity index (χ0n) is 17.5. The molecule has 2 amide bonds. The van der Waals surface area contributed by atoms with Gasteiger partial charge in [0.2, 0.25) is 5.91 Å². The standard InChI is InChI=1S/C23H24N4O3S/c1-3-7-19-22(29)26-21-17-10-4-5-11-18(17)25-23(27(19)21)31-14-20(28)24-13-15-8-6-9-16(12-15)30-2/h4-6,8-12,19H,3,7,13-14H2,1-2H3,(H,24,28). The summed E-state index contributed by atoms with van der Waals surface area (Å²) in [6.45, 7) is 2.46. The lowest BCUT2D eigenvalue weighted by atomic mass is 10.1. The molecule has 0 fully saturated rings. The van der Waals surface area contributed by atoms with Gasteiger partial charge in [-0.1, -0.05) is 49.4 Å². The SMILES string of the molecule is CCCC1C(=O)N=C2c3ccccc3N=C(SCC(=O)NCc3cccc(OC)c3)N21. The quantitative estimate of drug-likeness (QED) is 0.718. The number of benzene rings is 2. The molecule has 2 aromatic rings. The van der Waals surface area contributed by atoms with E-state index in [0.717, 1.165) is 29.0 Å². The van der Waals surface area contributed by atoms with Gasteiger partial charge in [-0.2, -0.15) is 4.99 Å². The molecule has 8 heteroatoms. The second-order valence-electron chi connectivity index (χ2n) is 7.28. The molecule has 0 saturated carbocycles. The first kappa shape index (κ1) is 21.1. The Morgan fingerprint density at radius 3 is 2.84 bits per heavy atom. The van der Waals surface area contributed by atoms with Gasteiger partial charge in [-0.25, -0.2) is 4.99 Å². The molecular weight excluding hydrogens is 412 g/mol. The zero-order valence-corrected chi connectivity index (χ0v) is 18.3.